The van der Waals surface area contributed by atoms with Crippen LogP contribution in [0.25, 0.3) is 0 Å². The van der Waals surface area contributed by atoms with Crippen LogP contribution in [-0.2, 0) is 28.6 Å². The summed E-state index contributed by atoms with van der Waals surface area (Å²) in [5.41, 5.74) is 0. The molecule has 0 saturated carbocycles. The highest BCUT2D eigenvalue weighted by molar-refractivity contribution is 5.71. The van der Waals surface area contributed by atoms with Gasteiger partial charge in [-0.3, -0.25) is 14.4 Å². The van der Waals surface area contributed by atoms with Crippen molar-refractivity contribution >= 4 is 17.9 Å². The van der Waals surface area contributed by atoms with E-state index in [2.05, 4.69) is 130 Å². The Bertz CT molecular complexity index is 1510. The van der Waals surface area contributed by atoms with Crippen LogP contribution in [-0.4, -0.2) is 37.2 Å². The van der Waals surface area contributed by atoms with Crippen molar-refractivity contribution in [3.63, 3.8) is 0 Å². The van der Waals surface area contributed by atoms with Crippen molar-refractivity contribution in [1.82, 2.24) is 0 Å². The van der Waals surface area contributed by atoms with Gasteiger partial charge in [-0.05, 0) is 109 Å². The first-order valence-electron chi connectivity index (χ1n) is 30.9. The predicted octanol–water partition coefficient (Wildman–Crippen LogP) is 21.0. The average molecular weight is 1030 g/mol. The number of esters is 3. The van der Waals surface area contributed by atoms with E-state index < -0.39 is 6.10 Å². The quantitative estimate of drug-likeness (QED) is 0.0261. The molecule has 0 aliphatic rings. The van der Waals surface area contributed by atoms with E-state index in [4.69, 9.17) is 14.2 Å². The smallest absolute Gasteiger partial charge is 0.306 e. The van der Waals surface area contributed by atoms with Gasteiger partial charge in [0.1, 0.15) is 13.2 Å². The molecule has 0 bridgehead atoms. The lowest BCUT2D eigenvalue weighted by molar-refractivity contribution is -0.167. The van der Waals surface area contributed by atoms with Crippen LogP contribution in [0, 0.1) is 0 Å². The molecular formula is C68H114O6. The van der Waals surface area contributed by atoms with Crippen molar-refractivity contribution in [3.8, 4) is 0 Å². The fourth-order valence-corrected chi connectivity index (χ4v) is 8.39. The number of hydrogen-bond acceptors (Lipinski definition) is 6. The zero-order valence-corrected chi connectivity index (χ0v) is 48.3. The average Bonchev–Trinajstić information content (AvgIpc) is 3.40. The van der Waals surface area contributed by atoms with E-state index in [9.17, 15) is 14.4 Å². The number of ether oxygens (including phenoxy) is 3. The molecule has 0 saturated heterocycles. The first-order chi connectivity index (χ1) is 36.5. The zero-order chi connectivity index (χ0) is 53.6. The minimum absolute atomic E-state index is 0.0826. The minimum Gasteiger partial charge on any atom is -0.462 e. The lowest BCUT2D eigenvalue weighted by atomic mass is 10.0. The highest BCUT2D eigenvalue weighted by Gasteiger charge is 2.19. The number of unbranched alkanes of at least 4 members (excludes halogenated alkanes) is 26. The van der Waals surface area contributed by atoms with Crippen molar-refractivity contribution in [3.05, 3.63) is 109 Å². The molecule has 74 heavy (non-hydrogen) atoms. The normalized spacial score (nSPS) is 12.9. The molecule has 6 heteroatoms. The maximum absolute atomic E-state index is 12.8. The molecule has 0 rings (SSSR count). The largest absolute Gasteiger partial charge is 0.462 e. The lowest BCUT2D eigenvalue weighted by Crippen LogP contribution is -2.30. The van der Waals surface area contributed by atoms with Crippen LogP contribution in [0.15, 0.2) is 109 Å². The summed E-state index contributed by atoms with van der Waals surface area (Å²) in [6.45, 7) is 6.46. The van der Waals surface area contributed by atoms with Gasteiger partial charge in [-0.25, -0.2) is 0 Å². The van der Waals surface area contributed by atoms with Gasteiger partial charge in [0, 0.05) is 19.3 Å². The van der Waals surface area contributed by atoms with Gasteiger partial charge in [0.05, 0.1) is 0 Å². The topological polar surface area (TPSA) is 78.9 Å². The fraction of sp³-hybridized carbons (Fsp3) is 0.691. The molecule has 1 unspecified atom stereocenters. The molecule has 0 radical (unpaired) electrons. The Morgan fingerprint density at radius 3 is 0.851 bits per heavy atom. The summed E-state index contributed by atoms with van der Waals surface area (Å²) < 4.78 is 16.8. The SMILES string of the molecule is CC/C=C\C/C=C\C/C=C\C/C=C\C/C=C\C/C=C\C/C=C\CCCCCCCCCCCCCC(=O)OCC(COC(=O)CCCCCCCCCC)OC(=O)CCCCCCC/C=C\C/C=C\CCCCC. The van der Waals surface area contributed by atoms with Crippen molar-refractivity contribution in [2.45, 2.75) is 290 Å². The Hall–Kier alpha value is -3.93. The third kappa shape index (κ3) is 59.0. The molecule has 0 aromatic heterocycles. The maximum atomic E-state index is 12.8. The van der Waals surface area contributed by atoms with Crippen LogP contribution in [0.2, 0.25) is 0 Å². The summed E-state index contributed by atoms with van der Waals surface area (Å²) >= 11 is 0. The minimum atomic E-state index is -0.784. The molecule has 0 heterocycles. The number of carbonyl (C=O) groups is 3. The van der Waals surface area contributed by atoms with Crippen molar-refractivity contribution in [2.75, 3.05) is 13.2 Å². The van der Waals surface area contributed by atoms with Crippen LogP contribution in [0.4, 0.5) is 0 Å². The molecule has 0 amide bonds. The van der Waals surface area contributed by atoms with Crippen LogP contribution in [0.5, 0.6) is 0 Å². The van der Waals surface area contributed by atoms with Crippen molar-refractivity contribution < 1.29 is 28.6 Å². The zero-order valence-electron chi connectivity index (χ0n) is 48.3. The molecule has 422 valence electrons. The molecular weight excluding hydrogens is 913 g/mol. The first kappa shape index (κ1) is 70.1. The molecule has 0 aromatic carbocycles. The second kappa shape index (κ2) is 61.6. The number of allylic oxidation sites excluding steroid dienone is 18. The summed E-state index contributed by atoms with van der Waals surface area (Å²) in [6, 6.07) is 0. The second-order valence-electron chi connectivity index (χ2n) is 20.2. The van der Waals surface area contributed by atoms with Gasteiger partial charge in [-0.2, -0.15) is 0 Å². The van der Waals surface area contributed by atoms with Gasteiger partial charge in [0.2, 0.25) is 0 Å². The van der Waals surface area contributed by atoms with E-state index in [1.165, 1.54) is 116 Å². The van der Waals surface area contributed by atoms with E-state index in [-0.39, 0.29) is 31.1 Å². The molecule has 0 fully saturated rings. The summed E-state index contributed by atoms with van der Waals surface area (Å²) in [5, 5.41) is 0. The Labute approximate surface area is 457 Å². The molecule has 6 nitrogen and oxygen atoms in total. The van der Waals surface area contributed by atoms with Crippen molar-refractivity contribution in [2.24, 2.45) is 0 Å². The summed E-state index contributed by atoms with van der Waals surface area (Å²) in [4.78, 5) is 38.0. The number of rotatable bonds is 55. The second-order valence-corrected chi connectivity index (χ2v) is 20.2. The Balaban J connectivity index is 4.13. The summed E-state index contributed by atoms with van der Waals surface area (Å²) in [6.07, 6.45) is 83.9. The van der Waals surface area contributed by atoms with Gasteiger partial charge in [-0.15, -0.1) is 0 Å². The third-order valence-corrected chi connectivity index (χ3v) is 13.0. The van der Waals surface area contributed by atoms with Crippen molar-refractivity contribution in [1.29, 1.82) is 0 Å². The maximum Gasteiger partial charge on any atom is 0.306 e. The molecule has 1 atom stereocenters. The highest BCUT2D eigenvalue weighted by Crippen LogP contribution is 2.15. The van der Waals surface area contributed by atoms with Crippen LogP contribution in [0.1, 0.15) is 284 Å². The van der Waals surface area contributed by atoms with Gasteiger partial charge >= 0.3 is 17.9 Å². The monoisotopic (exact) mass is 1030 g/mol. The van der Waals surface area contributed by atoms with Crippen LogP contribution >= 0.6 is 0 Å². The van der Waals surface area contributed by atoms with E-state index in [1.54, 1.807) is 0 Å². The molecule has 0 aromatic rings. The number of carbonyl (C=O) groups excluding carboxylic acids is 3. The standard InChI is InChI=1S/C68H114O6/c1-4-7-10-13-16-19-21-23-25-26-27-28-29-30-31-32-33-34-35-36-37-38-39-40-41-42-44-45-47-49-52-55-58-61-67(70)73-64-65(63-72-66(69)60-57-54-51-18-15-12-9-6-3)74-68(71)62-59-56-53-50-48-46-43-24-22-20-17-14-11-8-5-2/h7,10,16-17,19-20,23-25,27-28,30-31,33-34,36-37,43,65H,4-6,8-9,11-15,18,21-22,26,29,32,35,38-42,44-64H2,1-3H3/b10-7-,19-16-,20-17-,25-23-,28-27-,31-30-,34-33-,37-36-,43-24-. The summed E-state index contributed by atoms with van der Waals surface area (Å²) in [7, 11) is 0. The van der Waals surface area contributed by atoms with Gasteiger partial charge in [-0.1, -0.05) is 265 Å². The molecule has 0 N–H and O–H groups in total. The molecule has 0 aliphatic heterocycles. The van der Waals surface area contributed by atoms with E-state index in [0.29, 0.717) is 19.3 Å². The molecule has 0 aliphatic carbocycles. The van der Waals surface area contributed by atoms with E-state index >= 15 is 0 Å². The number of hydrogen-bond donors (Lipinski definition) is 0. The van der Waals surface area contributed by atoms with E-state index in [0.717, 1.165) is 128 Å². The van der Waals surface area contributed by atoms with Gasteiger partial charge in [0.25, 0.3) is 0 Å². The highest BCUT2D eigenvalue weighted by atomic mass is 16.6. The third-order valence-electron chi connectivity index (χ3n) is 13.0. The van der Waals surface area contributed by atoms with Crippen LogP contribution < -0.4 is 0 Å². The van der Waals surface area contributed by atoms with Crippen LogP contribution in [0.3, 0.4) is 0 Å². The Morgan fingerprint density at radius 2 is 0.527 bits per heavy atom. The Kier molecular flexibility index (Phi) is 58.3. The predicted molar refractivity (Wildman–Crippen MR) is 320 cm³/mol. The van der Waals surface area contributed by atoms with Gasteiger partial charge < -0.3 is 14.2 Å². The fourth-order valence-electron chi connectivity index (χ4n) is 8.39. The van der Waals surface area contributed by atoms with E-state index in [1.807, 2.05) is 0 Å². The first-order valence-corrected chi connectivity index (χ1v) is 30.9. The Morgan fingerprint density at radius 1 is 0.284 bits per heavy atom. The molecule has 0 spiro atoms. The summed E-state index contributed by atoms with van der Waals surface area (Å²) in [5.74, 6) is -0.901. The van der Waals surface area contributed by atoms with Gasteiger partial charge in [0.15, 0.2) is 6.10 Å². The lowest BCUT2D eigenvalue weighted by Gasteiger charge is -2.18.